The molecule has 0 bridgehead atoms. The highest BCUT2D eigenvalue weighted by Crippen LogP contribution is 2.23. The van der Waals surface area contributed by atoms with Gasteiger partial charge in [-0.3, -0.25) is 4.79 Å². The van der Waals surface area contributed by atoms with Crippen LogP contribution in [0.15, 0.2) is 22.7 Å². The average Bonchev–Trinajstić information content (AvgIpc) is 2.21. The second-order valence-electron chi connectivity index (χ2n) is 4.14. The lowest BCUT2D eigenvalue weighted by Gasteiger charge is -2.17. The molecule has 0 aliphatic rings. The van der Waals surface area contributed by atoms with Crippen LogP contribution in [-0.4, -0.2) is 11.9 Å². The first kappa shape index (κ1) is 13.5. The second-order valence-corrected chi connectivity index (χ2v) is 5.40. The Bertz CT molecular complexity index is 393. The number of halogens is 2. The van der Waals surface area contributed by atoms with Crippen molar-refractivity contribution in [2.45, 2.75) is 26.8 Å². The third-order valence-electron chi connectivity index (χ3n) is 2.54. The summed E-state index contributed by atoms with van der Waals surface area (Å²) in [4.78, 5) is 11.8. The maximum atomic E-state index is 11.8. The molecule has 1 rings (SSSR count). The maximum absolute atomic E-state index is 11.8. The van der Waals surface area contributed by atoms with E-state index < -0.39 is 0 Å². The van der Waals surface area contributed by atoms with Gasteiger partial charge in [-0.05, 0) is 47.0 Å². The van der Waals surface area contributed by atoms with Gasteiger partial charge < -0.3 is 5.32 Å². The molecule has 0 fully saturated rings. The number of rotatable bonds is 3. The van der Waals surface area contributed by atoms with E-state index in [9.17, 15) is 4.79 Å². The third kappa shape index (κ3) is 3.49. The molecule has 0 spiro atoms. The molecule has 0 radical (unpaired) electrons. The minimum absolute atomic E-state index is 0.0708. The Morgan fingerprint density at radius 1 is 1.38 bits per heavy atom. The summed E-state index contributed by atoms with van der Waals surface area (Å²) in [5.74, 6) is 0.346. The van der Waals surface area contributed by atoms with Crippen LogP contribution >= 0.6 is 27.5 Å². The van der Waals surface area contributed by atoms with E-state index in [1.54, 1.807) is 18.2 Å². The van der Waals surface area contributed by atoms with Gasteiger partial charge in [0.1, 0.15) is 0 Å². The highest BCUT2D eigenvalue weighted by molar-refractivity contribution is 9.10. The zero-order valence-corrected chi connectivity index (χ0v) is 11.9. The molecule has 1 amide bonds. The van der Waals surface area contributed by atoms with Crippen LogP contribution < -0.4 is 5.32 Å². The van der Waals surface area contributed by atoms with Crippen molar-refractivity contribution in [1.82, 2.24) is 5.32 Å². The summed E-state index contributed by atoms with van der Waals surface area (Å²) >= 11 is 9.16. The van der Waals surface area contributed by atoms with E-state index in [1.807, 2.05) is 6.92 Å². The van der Waals surface area contributed by atoms with Gasteiger partial charge >= 0.3 is 0 Å². The number of carbonyl (C=O) groups excluding carboxylic acids is 1. The highest BCUT2D eigenvalue weighted by atomic mass is 79.9. The minimum atomic E-state index is -0.0708. The average molecular weight is 305 g/mol. The summed E-state index contributed by atoms with van der Waals surface area (Å²) in [6.45, 7) is 6.14. The normalized spacial score (nSPS) is 12.6. The lowest BCUT2D eigenvalue weighted by atomic mass is 10.1. The molecule has 0 aromatic heterocycles. The van der Waals surface area contributed by atoms with Crippen LogP contribution in [0.1, 0.15) is 31.1 Å². The molecule has 0 heterocycles. The second kappa shape index (κ2) is 5.69. The first-order valence-corrected chi connectivity index (χ1v) is 6.35. The molecule has 4 heteroatoms. The minimum Gasteiger partial charge on any atom is -0.349 e. The van der Waals surface area contributed by atoms with Gasteiger partial charge in [0.25, 0.3) is 5.91 Å². The molecule has 0 saturated carbocycles. The molecular formula is C12H15BrClNO. The SMILES string of the molecule is CC(C)C(C)NC(=O)c1ccc(Cl)c(Br)c1. The monoisotopic (exact) mass is 303 g/mol. The molecule has 1 N–H and O–H groups in total. The fourth-order valence-electron chi connectivity index (χ4n) is 1.09. The quantitative estimate of drug-likeness (QED) is 0.902. The van der Waals surface area contributed by atoms with Crippen LogP contribution in [-0.2, 0) is 0 Å². The van der Waals surface area contributed by atoms with Gasteiger partial charge in [0.05, 0.1) is 5.02 Å². The lowest BCUT2D eigenvalue weighted by Crippen LogP contribution is -2.36. The topological polar surface area (TPSA) is 29.1 Å². The van der Waals surface area contributed by atoms with Crippen molar-refractivity contribution in [2.75, 3.05) is 0 Å². The molecule has 16 heavy (non-hydrogen) atoms. The van der Waals surface area contributed by atoms with E-state index in [0.717, 1.165) is 4.47 Å². The summed E-state index contributed by atoms with van der Waals surface area (Å²) in [5.41, 5.74) is 0.615. The number of hydrogen-bond acceptors (Lipinski definition) is 1. The van der Waals surface area contributed by atoms with Crippen molar-refractivity contribution in [1.29, 1.82) is 0 Å². The fourth-order valence-corrected chi connectivity index (χ4v) is 1.59. The molecule has 1 aromatic rings. The fraction of sp³-hybridized carbons (Fsp3) is 0.417. The molecule has 1 atom stereocenters. The Morgan fingerprint density at radius 3 is 2.50 bits per heavy atom. The van der Waals surface area contributed by atoms with Gasteiger partial charge in [0.15, 0.2) is 0 Å². The zero-order chi connectivity index (χ0) is 12.3. The lowest BCUT2D eigenvalue weighted by molar-refractivity contribution is 0.0930. The van der Waals surface area contributed by atoms with Gasteiger partial charge in [-0.2, -0.15) is 0 Å². The van der Waals surface area contributed by atoms with Crippen molar-refractivity contribution in [3.8, 4) is 0 Å². The van der Waals surface area contributed by atoms with Crippen LogP contribution in [0, 0.1) is 5.92 Å². The number of nitrogens with one attached hydrogen (secondary N) is 1. The smallest absolute Gasteiger partial charge is 0.251 e. The third-order valence-corrected chi connectivity index (χ3v) is 3.75. The predicted molar refractivity (Wildman–Crippen MR) is 70.9 cm³/mol. The summed E-state index contributed by atoms with van der Waals surface area (Å²) in [6, 6.07) is 5.31. The predicted octanol–water partition coefficient (Wildman–Crippen LogP) is 3.88. The van der Waals surface area contributed by atoms with E-state index >= 15 is 0 Å². The Balaban J connectivity index is 2.77. The molecular weight excluding hydrogens is 289 g/mol. The Morgan fingerprint density at radius 2 is 2.00 bits per heavy atom. The first-order chi connectivity index (χ1) is 7.41. The first-order valence-electron chi connectivity index (χ1n) is 5.17. The Hall–Kier alpha value is -0.540. The van der Waals surface area contributed by atoms with Gasteiger partial charge in [-0.25, -0.2) is 0 Å². The van der Waals surface area contributed by atoms with Gasteiger partial charge in [-0.15, -0.1) is 0 Å². The molecule has 88 valence electrons. The molecule has 0 saturated heterocycles. The van der Waals surface area contributed by atoms with Crippen LogP contribution in [0.2, 0.25) is 5.02 Å². The molecule has 2 nitrogen and oxygen atoms in total. The Labute approximate surface area is 110 Å². The van der Waals surface area contributed by atoms with Crippen molar-refractivity contribution in [2.24, 2.45) is 5.92 Å². The summed E-state index contributed by atoms with van der Waals surface area (Å²) in [7, 11) is 0. The number of amides is 1. The van der Waals surface area contributed by atoms with Crippen molar-refractivity contribution >= 4 is 33.4 Å². The molecule has 1 aromatic carbocycles. The van der Waals surface area contributed by atoms with Crippen LogP contribution in [0.4, 0.5) is 0 Å². The van der Waals surface area contributed by atoms with Crippen molar-refractivity contribution < 1.29 is 4.79 Å². The standard InChI is InChI=1S/C12H15BrClNO/c1-7(2)8(3)15-12(16)9-4-5-11(14)10(13)6-9/h4-8H,1-3H3,(H,15,16). The van der Waals surface area contributed by atoms with Crippen LogP contribution in [0.25, 0.3) is 0 Å². The van der Waals surface area contributed by atoms with E-state index in [1.165, 1.54) is 0 Å². The van der Waals surface area contributed by atoms with Crippen LogP contribution in [0.3, 0.4) is 0 Å². The van der Waals surface area contributed by atoms with E-state index in [2.05, 4.69) is 35.1 Å². The summed E-state index contributed by atoms with van der Waals surface area (Å²) in [6.07, 6.45) is 0. The van der Waals surface area contributed by atoms with Crippen LogP contribution in [0.5, 0.6) is 0 Å². The maximum Gasteiger partial charge on any atom is 0.251 e. The van der Waals surface area contributed by atoms with Gasteiger partial charge in [-0.1, -0.05) is 25.4 Å². The summed E-state index contributed by atoms with van der Waals surface area (Å²) in [5, 5.41) is 3.54. The number of benzene rings is 1. The number of hydrogen-bond donors (Lipinski definition) is 1. The van der Waals surface area contributed by atoms with E-state index in [0.29, 0.717) is 16.5 Å². The molecule has 0 aliphatic heterocycles. The van der Waals surface area contributed by atoms with E-state index in [4.69, 9.17) is 11.6 Å². The van der Waals surface area contributed by atoms with Gasteiger partial charge in [0.2, 0.25) is 0 Å². The van der Waals surface area contributed by atoms with Gasteiger partial charge in [0, 0.05) is 16.1 Å². The molecule has 1 unspecified atom stereocenters. The van der Waals surface area contributed by atoms with Crippen molar-refractivity contribution in [3.05, 3.63) is 33.3 Å². The molecule has 0 aliphatic carbocycles. The Kier molecular flexibility index (Phi) is 4.81. The summed E-state index contributed by atoms with van der Waals surface area (Å²) < 4.78 is 0.735. The number of carbonyl (C=O) groups is 1. The largest absolute Gasteiger partial charge is 0.349 e. The van der Waals surface area contributed by atoms with E-state index in [-0.39, 0.29) is 11.9 Å². The van der Waals surface area contributed by atoms with Crippen molar-refractivity contribution in [3.63, 3.8) is 0 Å². The highest BCUT2D eigenvalue weighted by Gasteiger charge is 2.13. The zero-order valence-electron chi connectivity index (χ0n) is 9.55.